The van der Waals surface area contributed by atoms with Gasteiger partial charge in [-0.3, -0.25) is 0 Å². The van der Waals surface area contributed by atoms with Gasteiger partial charge in [-0.25, -0.2) is 0 Å². The Hall–Kier alpha value is 0.190. The van der Waals surface area contributed by atoms with Crippen molar-refractivity contribution in [3.05, 3.63) is 0 Å². The van der Waals surface area contributed by atoms with E-state index in [1.54, 1.807) is 0 Å². The van der Waals surface area contributed by atoms with Crippen LogP contribution in [0.25, 0.3) is 0 Å². The molecule has 1 aliphatic rings. The number of hydrogen-bond donors (Lipinski definition) is 4. The molecule has 0 bridgehead atoms. The Kier molecular flexibility index (Phi) is 2.46. The van der Waals surface area contributed by atoms with Gasteiger partial charge in [0.2, 0.25) is 0 Å². The molecule has 0 amide bonds. The summed E-state index contributed by atoms with van der Waals surface area (Å²) in [7, 11) is 0. The van der Waals surface area contributed by atoms with Crippen LogP contribution in [0.1, 0.15) is 6.92 Å². The first-order valence-corrected chi connectivity index (χ1v) is 4.29. The van der Waals surface area contributed by atoms with Gasteiger partial charge in [0, 0.05) is 0 Å². The second-order valence-electron chi connectivity index (χ2n) is 2.88. The number of hydrogen-bond acceptors (Lipinski definition) is 5. The van der Waals surface area contributed by atoms with Gasteiger partial charge in [-0.15, -0.1) is 11.8 Å². The molecule has 0 saturated carbocycles. The highest BCUT2D eigenvalue weighted by atomic mass is 32.2. The number of aliphatic hydroxyl groups excluding tert-OH is 3. The van der Waals surface area contributed by atoms with Crippen LogP contribution in [0.3, 0.4) is 0 Å². The summed E-state index contributed by atoms with van der Waals surface area (Å²) >= 11 is 0.986. The number of rotatable bonds is 1. The second kappa shape index (κ2) is 2.91. The molecule has 4 N–H and O–H groups in total. The third-order valence-electron chi connectivity index (χ3n) is 1.93. The highest BCUT2D eigenvalue weighted by molar-refractivity contribution is 8.00. The maximum Gasteiger partial charge on any atom is 0.131 e. The third-order valence-corrected chi connectivity index (χ3v) is 3.43. The van der Waals surface area contributed by atoms with Crippen LogP contribution < -0.4 is 0 Å². The van der Waals surface area contributed by atoms with Crippen molar-refractivity contribution in [2.45, 2.75) is 29.3 Å². The molecular weight excluding hydrogens is 168 g/mol. The fraction of sp³-hybridized carbons (Fsp3) is 1.00. The standard InChI is InChI=1S/C6H12O4S/c1-6(10)4(8)3(2-7)11-5(6)9/h3-5,7-10H,2H2,1H3/t3-,4-,5?,6-/m1/s1. The van der Waals surface area contributed by atoms with E-state index in [1.165, 1.54) is 6.92 Å². The fourth-order valence-electron chi connectivity index (χ4n) is 1.04. The molecule has 66 valence electrons. The van der Waals surface area contributed by atoms with E-state index in [0.29, 0.717) is 0 Å². The van der Waals surface area contributed by atoms with Crippen molar-refractivity contribution in [1.29, 1.82) is 0 Å². The van der Waals surface area contributed by atoms with Crippen molar-refractivity contribution in [2.24, 2.45) is 0 Å². The summed E-state index contributed by atoms with van der Waals surface area (Å²) in [6, 6.07) is 0. The van der Waals surface area contributed by atoms with Crippen LogP contribution in [0.4, 0.5) is 0 Å². The molecule has 0 radical (unpaired) electrons. The average molecular weight is 180 g/mol. The summed E-state index contributed by atoms with van der Waals surface area (Å²) < 4.78 is 0. The van der Waals surface area contributed by atoms with Gasteiger partial charge in [-0.2, -0.15) is 0 Å². The van der Waals surface area contributed by atoms with Crippen molar-refractivity contribution in [3.63, 3.8) is 0 Å². The molecule has 1 unspecified atom stereocenters. The van der Waals surface area contributed by atoms with E-state index >= 15 is 0 Å². The Morgan fingerprint density at radius 2 is 2.00 bits per heavy atom. The minimum Gasteiger partial charge on any atom is -0.395 e. The lowest BCUT2D eigenvalue weighted by Crippen LogP contribution is -2.45. The molecule has 0 aromatic carbocycles. The maximum absolute atomic E-state index is 9.40. The van der Waals surface area contributed by atoms with Gasteiger partial charge < -0.3 is 20.4 Å². The number of thioether (sulfide) groups is 1. The molecule has 0 spiro atoms. The van der Waals surface area contributed by atoms with Crippen molar-refractivity contribution < 1.29 is 20.4 Å². The zero-order valence-electron chi connectivity index (χ0n) is 6.14. The highest BCUT2D eigenvalue weighted by Gasteiger charge is 2.50. The maximum atomic E-state index is 9.40. The van der Waals surface area contributed by atoms with Crippen LogP contribution in [0.5, 0.6) is 0 Å². The largest absolute Gasteiger partial charge is 0.395 e. The second-order valence-corrected chi connectivity index (χ2v) is 4.20. The Morgan fingerprint density at radius 3 is 2.18 bits per heavy atom. The van der Waals surface area contributed by atoms with Gasteiger partial charge in [0.05, 0.1) is 18.0 Å². The Balaban J connectivity index is 2.71. The lowest BCUT2D eigenvalue weighted by molar-refractivity contribution is -0.0949. The molecular formula is C6H12O4S. The van der Waals surface area contributed by atoms with Crippen LogP contribution in [0, 0.1) is 0 Å². The molecule has 1 saturated heterocycles. The SMILES string of the molecule is C[C@]1(O)C(O)S[C@H](CO)[C@H]1O. The van der Waals surface area contributed by atoms with Gasteiger partial charge in [-0.05, 0) is 6.92 Å². The lowest BCUT2D eigenvalue weighted by atomic mass is 9.98. The van der Waals surface area contributed by atoms with Crippen molar-refractivity contribution >= 4 is 11.8 Å². The van der Waals surface area contributed by atoms with Crippen molar-refractivity contribution in [1.82, 2.24) is 0 Å². The Morgan fingerprint density at radius 1 is 1.45 bits per heavy atom. The first-order valence-electron chi connectivity index (χ1n) is 3.35. The minimum atomic E-state index is -1.50. The summed E-state index contributed by atoms with van der Waals surface area (Å²) in [6.07, 6.45) is -1.06. The Bertz CT molecular complexity index is 150. The van der Waals surface area contributed by atoms with E-state index in [-0.39, 0.29) is 6.61 Å². The quantitative estimate of drug-likeness (QED) is 0.396. The predicted molar refractivity (Wildman–Crippen MR) is 41.1 cm³/mol. The summed E-state index contributed by atoms with van der Waals surface area (Å²) in [6.45, 7) is 1.12. The predicted octanol–water partition coefficient (Wildman–Crippen LogP) is -1.48. The normalized spacial score (nSPS) is 51.5. The molecule has 0 aromatic heterocycles. The van der Waals surface area contributed by atoms with Crippen LogP contribution in [0.15, 0.2) is 0 Å². The summed E-state index contributed by atoms with van der Waals surface area (Å²) in [5.74, 6) is 0. The monoisotopic (exact) mass is 180 g/mol. The first kappa shape index (κ1) is 9.28. The van der Waals surface area contributed by atoms with E-state index in [1.807, 2.05) is 0 Å². The summed E-state index contributed by atoms with van der Waals surface area (Å²) in [4.78, 5) is 0. The van der Waals surface area contributed by atoms with Gasteiger partial charge in [0.1, 0.15) is 11.0 Å². The van der Waals surface area contributed by atoms with Crippen LogP contribution in [0.2, 0.25) is 0 Å². The van der Waals surface area contributed by atoms with E-state index in [4.69, 9.17) is 5.11 Å². The van der Waals surface area contributed by atoms with E-state index < -0.39 is 22.4 Å². The van der Waals surface area contributed by atoms with Crippen LogP contribution in [-0.4, -0.2) is 49.4 Å². The molecule has 5 heteroatoms. The molecule has 11 heavy (non-hydrogen) atoms. The van der Waals surface area contributed by atoms with Crippen LogP contribution >= 0.6 is 11.8 Å². The third kappa shape index (κ3) is 1.39. The van der Waals surface area contributed by atoms with Crippen LogP contribution in [-0.2, 0) is 0 Å². The molecule has 0 aromatic rings. The van der Waals surface area contributed by atoms with Crippen molar-refractivity contribution in [2.75, 3.05) is 6.61 Å². The molecule has 4 atom stereocenters. The lowest BCUT2D eigenvalue weighted by Gasteiger charge is -2.24. The van der Waals surface area contributed by atoms with E-state index in [2.05, 4.69) is 0 Å². The summed E-state index contributed by atoms with van der Waals surface area (Å²) in [5, 5.41) is 36.1. The zero-order valence-corrected chi connectivity index (χ0v) is 6.95. The average Bonchev–Trinajstić information content (AvgIpc) is 2.14. The van der Waals surface area contributed by atoms with Crippen molar-refractivity contribution in [3.8, 4) is 0 Å². The van der Waals surface area contributed by atoms with Gasteiger partial charge in [0.25, 0.3) is 0 Å². The molecule has 0 aliphatic carbocycles. The highest BCUT2D eigenvalue weighted by Crippen LogP contribution is 2.39. The van der Waals surface area contributed by atoms with Gasteiger partial charge >= 0.3 is 0 Å². The fourth-order valence-corrected chi connectivity index (χ4v) is 2.30. The first-order chi connectivity index (χ1) is 5.00. The zero-order chi connectivity index (χ0) is 8.65. The Labute approximate surface area is 68.9 Å². The molecule has 1 rings (SSSR count). The topological polar surface area (TPSA) is 80.9 Å². The minimum absolute atomic E-state index is 0.237. The van der Waals surface area contributed by atoms with E-state index in [0.717, 1.165) is 11.8 Å². The molecule has 1 fully saturated rings. The molecule has 4 nitrogen and oxygen atoms in total. The van der Waals surface area contributed by atoms with Gasteiger partial charge in [0.15, 0.2) is 0 Å². The molecule has 1 heterocycles. The van der Waals surface area contributed by atoms with Gasteiger partial charge in [-0.1, -0.05) is 0 Å². The summed E-state index contributed by atoms with van der Waals surface area (Å²) in [5.41, 5.74) is -2.52. The molecule has 1 aliphatic heterocycles. The smallest absolute Gasteiger partial charge is 0.131 e. The number of aliphatic hydroxyl groups is 4. The van der Waals surface area contributed by atoms with E-state index in [9.17, 15) is 15.3 Å².